The van der Waals surface area contributed by atoms with Crippen LogP contribution < -0.4 is 5.32 Å². The van der Waals surface area contributed by atoms with Crippen LogP contribution in [0.5, 0.6) is 0 Å². The van der Waals surface area contributed by atoms with Crippen LogP contribution in [0.1, 0.15) is 19.8 Å². The molecule has 3 unspecified atom stereocenters. The number of aliphatic carboxylic acids is 1. The van der Waals surface area contributed by atoms with Crippen LogP contribution in [0.4, 0.5) is 0 Å². The van der Waals surface area contributed by atoms with Crippen molar-refractivity contribution in [3.63, 3.8) is 0 Å². The molecule has 2 heterocycles. The van der Waals surface area contributed by atoms with Crippen LogP contribution in [0.25, 0.3) is 0 Å². The van der Waals surface area contributed by atoms with Crippen LogP contribution in [0, 0.1) is 0 Å². The first-order valence-corrected chi connectivity index (χ1v) is 9.80. The van der Waals surface area contributed by atoms with Gasteiger partial charge < -0.3 is 15.3 Å². The van der Waals surface area contributed by atoms with Crippen LogP contribution in [-0.2, 0) is 19.4 Å². The van der Waals surface area contributed by atoms with Crippen molar-refractivity contribution in [2.45, 2.75) is 37.2 Å². The topological polar surface area (TPSA) is 104 Å². The Morgan fingerprint density at radius 2 is 2.14 bits per heavy atom. The molecular formula is C12H20N2O5S2. The van der Waals surface area contributed by atoms with Gasteiger partial charge in [-0.05, 0) is 6.42 Å². The van der Waals surface area contributed by atoms with E-state index in [2.05, 4.69) is 5.32 Å². The standard InChI is InChI=1S/C12H20N2O5S2/c1-2-11-14(9(6-20-11)12(16)17)10(15)5-8-7-21(18,19)4-3-13-8/h8-9,11,13H,2-7H2,1H3,(H,16,17). The van der Waals surface area contributed by atoms with Gasteiger partial charge in [-0.1, -0.05) is 6.92 Å². The summed E-state index contributed by atoms with van der Waals surface area (Å²) in [5, 5.41) is 12.1. The van der Waals surface area contributed by atoms with Gasteiger partial charge in [0, 0.05) is 24.8 Å². The van der Waals surface area contributed by atoms with Gasteiger partial charge in [0.15, 0.2) is 9.84 Å². The minimum atomic E-state index is -3.10. The molecule has 21 heavy (non-hydrogen) atoms. The van der Waals surface area contributed by atoms with Crippen molar-refractivity contribution in [2.75, 3.05) is 23.8 Å². The van der Waals surface area contributed by atoms with Crippen molar-refractivity contribution in [1.29, 1.82) is 0 Å². The van der Waals surface area contributed by atoms with Crippen LogP contribution in [0.2, 0.25) is 0 Å². The quantitative estimate of drug-likeness (QED) is 0.715. The van der Waals surface area contributed by atoms with E-state index < -0.39 is 27.9 Å². The zero-order valence-corrected chi connectivity index (χ0v) is 13.5. The lowest BCUT2D eigenvalue weighted by Gasteiger charge is -2.30. The monoisotopic (exact) mass is 336 g/mol. The third-order valence-electron chi connectivity index (χ3n) is 3.74. The largest absolute Gasteiger partial charge is 0.480 e. The molecule has 0 aromatic rings. The molecule has 0 aromatic carbocycles. The van der Waals surface area contributed by atoms with E-state index in [1.807, 2.05) is 6.92 Å². The molecule has 0 aliphatic carbocycles. The summed E-state index contributed by atoms with van der Waals surface area (Å²) in [5.74, 6) is -0.874. The fourth-order valence-corrected chi connectivity index (χ4v) is 5.53. The highest BCUT2D eigenvalue weighted by atomic mass is 32.2. The molecule has 3 atom stereocenters. The summed E-state index contributed by atoms with van der Waals surface area (Å²) in [4.78, 5) is 25.1. The highest BCUT2D eigenvalue weighted by molar-refractivity contribution is 8.00. The summed E-state index contributed by atoms with van der Waals surface area (Å²) in [6.45, 7) is 2.25. The summed E-state index contributed by atoms with van der Waals surface area (Å²) < 4.78 is 23.2. The SMILES string of the molecule is CCC1SCC(C(=O)O)N1C(=O)CC1CS(=O)(=O)CCN1. The van der Waals surface area contributed by atoms with Crippen LogP contribution in [0.15, 0.2) is 0 Å². The van der Waals surface area contributed by atoms with Crippen LogP contribution in [-0.4, -0.2) is 71.6 Å². The Labute approximate surface area is 128 Å². The van der Waals surface area contributed by atoms with E-state index in [9.17, 15) is 23.1 Å². The average molecular weight is 336 g/mol. The van der Waals surface area contributed by atoms with E-state index in [-0.39, 0.29) is 29.2 Å². The van der Waals surface area contributed by atoms with Gasteiger partial charge in [0.2, 0.25) is 5.91 Å². The Kier molecular flexibility index (Phi) is 5.15. The molecule has 0 saturated carbocycles. The maximum Gasteiger partial charge on any atom is 0.327 e. The third-order valence-corrected chi connectivity index (χ3v) is 6.93. The minimum absolute atomic E-state index is 0.0278. The Balaban J connectivity index is 2.05. The number of nitrogens with zero attached hydrogens (tertiary/aromatic N) is 1. The van der Waals surface area contributed by atoms with Gasteiger partial charge in [0.1, 0.15) is 6.04 Å². The Bertz CT molecular complexity index is 522. The van der Waals surface area contributed by atoms with Crippen molar-refractivity contribution in [2.24, 2.45) is 0 Å². The van der Waals surface area contributed by atoms with Gasteiger partial charge in [0.05, 0.1) is 16.9 Å². The number of carboxylic acid groups (broad SMARTS) is 1. The van der Waals surface area contributed by atoms with Crippen LogP contribution >= 0.6 is 11.8 Å². The van der Waals surface area contributed by atoms with Gasteiger partial charge in [0.25, 0.3) is 0 Å². The number of carbonyl (C=O) groups is 2. The second-order valence-electron chi connectivity index (χ2n) is 5.32. The lowest BCUT2D eigenvalue weighted by atomic mass is 10.1. The van der Waals surface area contributed by atoms with Crippen molar-refractivity contribution in [3.8, 4) is 0 Å². The van der Waals surface area contributed by atoms with Crippen LogP contribution in [0.3, 0.4) is 0 Å². The average Bonchev–Trinajstić information content (AvgIpc) is 2.81. The summed E-state index contributed by atoms with van der Waals surface area (Å²) in [6.07, 6.45) is 0.705. The smallest absolute Gasteiger partial charge is 0.327 e. The minimum Gasteiger partial charge on any atom is -0.480 e. The van der Waals surface area contributed by atoms with E-state index in [1.165, 1.54) is 16.7 Å². The number of thioether (sulfide) groups is 1. The molecule has 0 aromatic heterocycles. The number of sulfone groups is 1. The number of amides is 1. The Hall–Kier alpha value is -0.800. The maximum atomic E-state index is 12.4. The predicted molar refractivity (Wildman–Crippen MR) is 79.9 cm³/mol. The number of hydrogen-bond acceptors (Lipinski definition) is 6. The third kappa shape index (κ3) is 3.89. The predicted octanol–water partition coefficient (Wildman–Crippen LogP) is -0.472. The summed E-state index contributed by atoms with van der Waals surface area (Å²) >= 11 is 1.46. The fourth-order valence-electron chi connectivity index (χ4n) is 2.72. The molecular weight excluding hydrogens is 316 g/mol. The van der Waals surface area contributed by atoms with E-state index in [4.69, 9.17) is 0 Å². The molecule has 0 bridgehead atoms. The molecule has 2 rings (SSSR count). The first-order chi connectivity index (χ1) is 9.84. The molecule has 2 aliphatic rings. The van der Waals surface area contributed by atoms with E-state index in [1.54, 1.807) is 0 Å². The molecule has 2 N–H and O–H groups in total. The number of carbonyl (C=O) groups excluding carboxylic acids is 1. The normalized spacial score (nSPS) is 32.0. The molecule has 1 amide bonds. The molecule has 7 nitrogen and oxygen atoms in total. The van der Waals surface area contributed by atoms with Crippen molar-refractivity contribution < 1.29 is 23.1 Å². The van der Waals surface area contributed by atoms with Gasteiger partial charge >= 0.3 is 5.97 Å². The van der Waals surface area contributed by atoms with Gasteiger partial charge in [-0.15, -0.1) is 11.8 Å². The summed E-state index contributed by atoms with van der Waals surface area (Å²) in [7, 11) is -3.10. The number of nitrogens with one attached hydrogen (secondary N) is 1. The zero-order chi connectivity index (χ0) is 15.6. The highest BCUT2D eigenvalue weighted by Crippen LogP contribution is 2.32. The first kappa shape index (κ1) is 16.6. The van der Waals surface area contributed by atoms with Gasteiger partial charge in [-0.3, -0.25) is 4.79 Å². The van der Waals surface area contributed by atoms with E-state index in [0.29, 0.717) is 18.7 Å². The lowest BCUT2D eigenvalue weighted by molar-refractivity contribution is -0.149. The number of carboxylic acids is 1. The maximum absolute atomic E-state index is 12.4. The Morgan fingerprint density at radius 3 is 2.71 bits per heavy atom. The Morgan fingerprint density at radius 1 is 1.43 bits per heavy atom. The van der Waals surface area contributed by atoms with E-state index in [0.717, 1.165) is 0 Å². The molecule has 120 valence electrons. The molecule has 0 radical (unpaired) electrons. The molecule has 2 saturated heterocycles. The lowest BCUT2D eigenvalue weighted by Crippen LogP contribution is -2.51. The fraction of sp³-hybridized carbons (Fsp3) is 0.833. The summed E-state index contributed by atoms with van der Waals surface area (Å²) in [6, 6.07) is -1.23. The second-order valence-corrected chi connectivity index (χ2v) is 8.76. The second kappa shape index (κ2) is 6.53. The molecule has 0 spiro atoms. The first-order valence-electron chi connectivity index (χ1n) is 6.93. The molecule has 9 heteroatoms. The summed E-state index contributed by atoms with van der Waals surface area (Å²) in [5.41, 5.74) is 0. The van der Waals surface area contributed by atoms with Crippen molar-refractivity contribution >= 4 is 33.5 Å². The molecule has 2 fully saturated rings. The number of hydrogen-bond donors (Lipinski definition) is 2. The van der Waals surface area contributed by atoms with Gasteiger partial charge in [-0.2, -0.15) is 0 Å². The van der Waals surface area contributed by atoms with Crippen molar-refractivity contribution in [3.05, 3.63) is 0 Å². The number of rotatable bonds is 4. The highest BCUT2D eigenvalue weighted by Gasteiger charge is 2.41. The van der Waals surface area contributed by atoms with E-state index >= 15 is 0 Å². The van der Waals surface area contributed by atoms with Crippen molar-refractivity contribution in [1.82, 2.24) is 10.2 Å². The van der Waals surface area contributed by atoms with Gasteiger partial charge in [-0.25, -0.2) is 13.2 Å². The zero-order valence-electron chi connectivity index (χ0n) is 11.8. The molecule has 2 aliphatic heterocycles.